The number of hydrogen-bond acceptors (Lipinski definition) is 8. The van der Waals surface area contributed by atoms with Crippen molar-refractivity contribution in [1.29, 1.82) is 0 Å². The van der Waals surface area contributed by atoms with Crippen molar-refractivity contribution in [2.75, 3.05) is 6.54 Å². The molecule has 0 aliphatic carbocycles. The number of nitrogens with zero attached hydrogens (tertiary/aromatic N) is 4. The number of thiazole rings is 1. The zero-order chi connectivity index (χ0) is 19.5. The van der Waals surface area contributed by atoms with Gasteiger partial charge in [0.1, 0.15) is 10.7 Å². The molecule has 0 aliphatic heterocycles. The Morgan fingerprint density at radius 1 is 1.29 bits per heavy atom. The van der Waals surface area contributed by atoms with Crippen LogP contribution in [0.1, 0.15) is 16.2 Å². The smallest absolute Gasteiger partial charge is 0.289 e. The quantitative estimate of drug-likeness (QED) is 0.521. The first kappa shape index (κ1) is 18.3. The fraction of sp³-hybridized carbons (Fsp3) is 0.167. The predicted octanol–water partition coefficient (Wildman–Crippen LogP) is 2.82. The van der Waals surface area contributed by atoms with Gasteiger partial charge in [-0.1, -0.05) is 11.2 Å². The van der Waals surface area contributed by atoms with Gasteiger partial charge in [0.2, 0.25) is 5.76 Å². The van der Waals surface area contributed by atoms with Crippen LogP contribution in [0.25, 0.3) is 20.5 Å². The molecule has 0 aromatic carbocycles. The van der Waals surface area contributed by atoms with Crippen molar-refractivity contribution in [3.05, 3.63) is 63.7 Å². The number of rotatable bonds is 6. The zero-order valence-electron chi connectivity index (χ0n) is 14.8. The monoisotopic (exact) mass is 413 g/mol. The summed E-state index contributed by atoms with van der Waals surface area (Å²) in [5, 5.41) is 13.6. The first-order valence-electron chi connectivity index (χ1n) is 8.40. The van der Waals surface area contributed by atoms with Crippen LogP contribution in [0.4, 0.5) is 0 Å². The van der Waals surface area contributed by atoms with Crippen LogP contribution in [0.15, 0.2) is 51.2 Å². The standard InChI is InChI=1S/C18H15N5O3S2/c1-11-16(28-18(21-11)14-3-2-10-27-14)12-4-5-15(24)23(22-12)9-8-19-17(25)13-6-7-20-26-13/h2-7,10H,8-9H2,1H3,(H,19,25). The predicted molar refractivity (Wildman–Crippen MR) is 106 cm³/mol. The van der Waals surface area contributed by atoms with E-state index in [4.69, 9.17) is 4.52 Å². The SMILES string of the molecule is Cc1nc(-c2cccs2)sc1-c1ccc(=O)n(CCNC(=O)c2ccno2)n1. The van der Waals surface area contributed by atoms with E-state index < -0.39 is 0 Å². The minimum absolute atomic E-state index is 0.121. The van der Waals surface area contributed by atoms with Crippen molar-refractivity contribution in [1.82, 2.24) is 25.2 Å². The Hall–Kier alpha value is -3.11. The number of aromatic nitrogens is 4. The van der Waals surface area contributed by atoms with Crippen molar-refractivity contribution in [3.8, 4) is 20.5 Å². The second kappa shape index (κ2) is 7.87. The second-order valence-corrected chi connectivity index (χ2v) is 7.77. The Kier molecular flexibility index (Phi) is 5.13. The molecule has 0 bridgehead atoms. The van der Waals surface area contributed by atoms with Gasteiger partial charge in [-0.3, -0.25) is 9.59 Å². The van der Waals surface area contributed by atoms with E-state index in [9.17, 15) is 9.59 Å². The number of carbonyl (C=O) groups is 1. The van der Waals surface area contributed by atoms with E-state index in [0.29, 0.717) is 5.69 Å². The Morgan fingerprint density at radius 3 is 2.93 bits per heavy atom. The van der Waals surface area contributed by atoms with Crippen LogP contribution >= 0.6 is 22.7 Å². The van der Waals surface area contributed by atoms with E-state index in [-0.39, 0.29) is 30.3 Å². The summed E-state index contributed by atoms with van der Waals surface area (Å²) >= 11 is 3.18. The van der Waals surface area contributed by atoms with E-state index in [2.05, 4.69) is 20.6 Å². The Labute approximate surface area is 167 Å². The number of aryl methyl sites for hydroxylation is 1. The summed E-state index contributed by atoms with van der Waals surface area (Å²) in [6.45, 7) is 2.40. The molecule has 0 aliphatic rings. The summed E-state index contributed by atoms with van der Waals surface area (Å²) in [5.41, 5.74) is 1.31. The van der Waals surface area contributed by atoms with Gasteiger partial charge in [-0.15, -0.1) is 22.7 Å². The molecule has 4 heterocycles. The maximum Gasteiger partial charge on any atom is 0.289 e. The van der Waals surface area contributed by atoms with Crippen molar-refractivity contribution in [2.45, 2.75) is 13.5 Å². The average Bonchev–Trinajstić information content (AvgIpc) is 3.45. The molecule has 1 N–H and O–H groups in total. The minimum atomic E-state index is -0.388. The first-order chi connectivity index (χ1) is 13.6. The fourth-order valence-corrected chi connectivity index (χ4v) is 4.39. The molecule has 4 aromatic heterocycles. The Bertz CT molecular complexity index is 1150. The number of nitrogens with one attached hydrogen (secondary N) is 1. The van der Waals surface area contributed by atoms with Crippen LogP contribution in [0.2, 0.25) is 0 Å². The summed E-state index contributed by atoms with van der Waals surface area (Å²) in [6.07, 6.45) is 1.40. The third-order valence-electron chi connectivity index (χ3n) is 3.90. The molecule has 142 valence electrons. The normalized spacial score (nSPS) is 10.9. The molecular formula is C18H15N5O3S2. The van der Waals surface area contributed by atoms with Crippen LogP contribution in [-0.4, -0.2) is 32.4 Å². The molecule has 10 heteroatoms. The molecule has 0 fully saturated rings. The number of hydrogen-bond donors (Lipinski definition) is 1. The van der Waals surface area contributed by atoms with Gasteiger partial charge in [-0.25, -0.2) is 9.67 Å². The Balaban J connectivity index is 1.51. The lowest BCUT2D eigenvalue weighted by Gasteiger charge is -2.07. The van der Waals surface area contributed by atoms with Crippen molar-refractivity contribution >= 4 is 28.6 Å². The van der Waals surface area contributed by atoms with Crippen LogP contribution in [0, 0.1) is 6.92 Å². The maximum atomic E-state index is 12.1. The minimum Gasteiger partial charge on any atom is -0.351 e. The first-order valence-corrected chi connectivity index (χ1v) is 10.1. The largest absolute Gasteiger partial charge is 0.351 e. The van der Waals surface area contributed by atoms with Gasteiger partial charge >= 0.3 is 0 Å². The number of carbonyl (C=O) groups excluding carboxylic acids is 1. The maximum absolute atomic E-state index is 12.1. The number of amides is 1. The van der Waals surface area contributed by atoms with Crippen LogP contribution in [0.3, 0.4) is 0 Å². The van der Waals surface area contributed by atoms with Crippen LogP contribution < -0.4 is 10.9 Å². The van der Waals surface area contributed by atoms with Gasteiger partial charge in [0.15, 0.2) is 0 Å². The van der Waals surface area contributed by atoms with Crippen LogP contribution in [-0.2, 0) is 6.54 Å². The third kappa shape index (κ3) is 3.78. The van der Waals surface area contributed by atoms with Gasteiger partial charge in [0.25, 0.3) is 11.5 Å². The van der Waals surface area contributed by atoms with E-state index in [0.717, 1.165) is 20.5 Å². The van der Waals surface area contributed by atoms with E-state index in [1.807, 2.05) is 24.4 Å². The van der Waals surface area contributed by atoms with Gasteiger partial charge in [0.05, 0.1) is 28.2 Å². The lowest BCUT2D eigenvalue weighted by atomic mass is 10.3. The highest BCUT2D eigenvalue weighted by Crippen LogP contribution is 2.35. The summed E-state index contributed by atoms with van der Waals surface area (Å²) < 4.78 is 6.13. The molecule has 0 saturated carbocycles. The average molecular weight is 413 g/mol. The lowest BCUT2D eigenvalue weighted by Crippen LogP contribution is -2.31. The zero-order valence-corrected chi connectivity index (χ0v) is 16.4. The summed E-state index contributed by atoms with van der Waals surface area (Å²) in [6, 6.07) is 8.66. The molecule has 28 heavy (non-hydrogen) atoms. The highest BCUT2D eigenvalue weighted by Gasteiger charge is 2.14. The molecule has 1 amide bonds. The number of thiophene rings is 1. The van der Waals surface area contributed by atoms with Crippen molar-refractivity contribution in [2.24, 2.45) is 0 Å². The molecule has 0 atom stereocenters. The molecule has 0 saturated heterocycles. The molecule has 8 nitrogen and oxygen atoms in total. The molecule has 0 unspecified atom stereocenters. The summed E-state index contributed by atoms with van der Waals surface area (Å²) in [4.78, 5) is 30.6. The summed E-state index contributed by atoms with van der Waals surface area (Å²) in [5.74, 6) is -0.268. The van der Waals surface area contributed by atoms with E-state index >= 15 is 0 Å². The molecule has 0 spiro atoms. The topological polar surface area (TPSA) is 103 Å². The highest BCUT2D eigenvalue weighted by atomic mass is 32.1. The van der Waals surface area contributed by atoms with Gasteiger partial charge in [0, 0.05) is 18.7 Å². The molecule has 4 rings (SSSR count). The van der Waals surface area contributed by atoms with Gasteiger partial charge in [-0.05, 0) is 24.4 Å². The highest BCUT2D eigenvalue weighted by molar-refractivity contribution is 7.23. The van der Waals surface area contributed by atoms with E-state index in [1.165, 1.54) is 23.0 Å². The fourth-order valence-electron chi connectivity index (χ4n) is 2.57. The molecule has 0 radical (unpaired) electrons. The van der Waals surface area contributed by atoms with Gasteiger partial charge in [-0.2, -0.15) is 5.10 Å². The van der Waals surface area contributed by atoms with E-state index in [1.54, 1.807) is 28.7 Å². The third-order valence-corrected chi connectivity index (χ3v) is 6.12. The van der Waals surface area contributed by atoms with Crippen molar-refractivity contribution < 1.29 is 9.32 Å². The lowest BCUT2D eigenvalue weighted by molar-refractivity contribution is 0.0915. The molecular weight excluding hydrogens is 398 g/mol. The van der Waals surface area contributed by atoms with Crippen molar-refractivity contribution in [3.63, 3.8) is 0 Å². The molecule has 4 aromatic rings. The van der Waals surface area contributed by atoms with Gasteiger partial charge < -0.3 is 9.84 Å². The Morgan fingerprint density at radius 2 is 2.18 bits per heavy atom. The summed E-state index contributed by atoms with van der Waals surface area (Å²) in [7, 11) is 0. The second-order valence-electron chi connectivity index (χ2n) is 5.82. The van der Waals surface area contributed by atoms with Crippen LogP contribution in [0.5, 0.6) is 0 Å².